The largest absolute Gasteiger partial charge is 0.486 e. The number of furan rings is 1. The summed E-state index contributed by atoms with van der Waals surface area (Å²) in [6, 6.07) is 8.48. The van der Waals surface area contributed by atoms with E-state index in [1.807, 2.05) is 20.8 Å². The molecule has 0 spiro atoms. The van der Waals surface area contributed by atoms with Gasteiger partial charge in [-0.1, -0.05) is 13.8 Å². The van der Waals surface area contributed by atoms with Gasteiger partial charge in [0.15, 0.2) is 23.0 Å². The van der Waals surface area contributed by atoms with Crippen LogP contribution in [0.1, 0.15) is 47.6 Å². The van der Waals surface area contributed by atoms with E-state index in [4.69, 9.17) is 18.6 Å². The minimum absolute atomic E-state index is 0.0945. The van der Waals surface area contributed by atoms with Gasteiger partial charge >= 0.3 is 0 Å². The number of ether oxygens (including phenoxy) is 3. The van der Waals surface area contributed by atoms with Crippen LogP contribution in [0.3, 0.4) is 0 Å². The van der Waals surface area contributed by atoms with Crippen molar-refractivity contribution in [3.05, 3.63) is 53.7 Å². The Kier molecular flexibility index (Phi) is 6.53. The monoisotopic (exact) mass is 454 g/mol. The number of nitrogens with one attached hydrogen (secondary N) is 2. The number of hydrogen-bond acceptors (Lipinski definition) is 7. The molecule has 1 aliphatic rings. The zero-order valence-corrected chi connectivity index (χ0v) is 18.7. The van der Waals surface area contributed by atoms with Gasteiger partial charge in [0.1, 0.15) is 18.1 Å². The van der Waals surface area contributed by atoms with Gasteiger partial charge in [-0.25, -0.2) is 0 Å². The Morgan fingerprint density at radius 2 is 1.97 bits per heavy atom. The quantitative estimate of drug-likeness (QED) is 0.509. The first-order chi connectivity index (χ1) is 15.9. The maximum atomic E-state index is 12.7. The normalized spacial score (nSPS) is 12.1. The number of aromatic nitrogens is 2. The highest BCUT2D eigenvalue weighted by molar-refractivity contribution is 6.07. The van der Waals surface area contributed by atoms with E-state index in [1.165, 1.54) is 0 Å². The Labute approximate surface area is 190 Å². The highest BCUT2D eigenvalue weighted by Crippen LogP contribution is 2.35. The van der Waals surface area contributed by atoms with Gasteiger partial charge in [-0.15, -0.1) is 0 Å². The molecule has 0 unspecified atom stereocenters. The first-order valence-electron chi connectivity index (χ1n) is 10.7. The molecule has 2 N–H and O–H groups in total. The van der Waals surface area contributed by atoms with Crippen molar-refractivity contribution >= 4 is 17.5 Å². The first-order valence-corrected chi connectivity index (χ1v) is 10.7. The second-order valence-electron chi connectivity index (χ2n) is 7.87. The van der Waals surface area contributed by atoms with Gasteiger partial charge in [-0.3, -0.25) is 14.3 Å². The van der Waals surface area contributed by atoms with Crippen molar-refractivity contribution in [2.45, 2.75) is 33.9 Å². The van der Waals surface area contributed by atoms with Crippen molar-refractivity contribution in [2.75, 3.05) is 18.7 Å². The van der Waals surface area contributed by atoms with Gasteiger partial charge in [0.25, 0.3) is 11.8 Å². The summed E-state index contributed by atoms with van der Waals surface area (Å²) < 4.78 is 23.5. The van der Waals surface area contributed by atoms with Gasteiger partial charge in [0.05, 0.1) is 5.69 Å². The van der Waals surface area contributed by atoms with Crippen LogP contribution in [0.15, 0.2) is 40.9 Å². The number of amides is 2. The van der Waals surface area contributed by atoms with Crippen LogP contribution in [0.5, 0.6) is 17.2 Å². The lowest BCUT2D eigenvalue weighted by Gasteiger charge is -2.07. The molecule has 0 saturated carbocycles. The molecule has 0 saturated heterocycles. The lowest BCUT2D eigenvalue weighted by molar-refractivity contribution is 0.0944. The molecule has 2 amide bonds. The molecule has 0 fully saturated rings. The Hall–Kier alpha value is -3.95. The third kappa shape index (κ3) is 5.28. The molecule has 1 aromatic carbocycles. The van der Waals surface area contributed by atoms with E-state index in [1.54, 1.807) is 41.2 Å². The summed E-state index contributed by atoms with van der Waals surface area (Å²) in [7, 11) is 0. The van der Waals surface area contributed by atoms with E-state index in [-0.39, 0.29) is 30.8 Å². The van der Waals surface area contributed by atoms with Crippen LogP contribution >= 0.6 is 0 Å². The second-order valence-corrected chi connectivity index (χ2v) is 7.87. The summed E-state index contributed by atoms with van der Waals surface area (Å²) in [4.78, 5) is 25.2. The van der Waals surface area contributed by atoms with E-state index in [0.29, 0.717) is 47.7 Å². The summed E-state index contributed by atoms with van der Waals surface area (Å²) in [6.07, 6.45) is 1.62. The number of anilines is 1. The van der Waals surface area contributed by atoms with Crippen molar-refractivity contribution in [1.82, 2.24) is 15.1 Å². The number of nitrogens with zero attached hydrogens (tertiary/aromatic N) is 2. The van der Waals surface area contributed by atoms with Crippen LogP contribution < -0.4 is 24.8 Å². The minimum Gasteiger partial charge on any atom is -0.486 e. The molecule has 2 aromatic heterocycles. The highest BCUT2D eigenvalue weighted by Gasteiger charge is 2.21. The average Bonchev–Trinajstić information content (AvgIpc) is 3.54. The number of rotatable bonds is 9. The SMILES string of the molecule is CCn1cc(NC(=O)c2ccc(COc3ccc4c(c3)OCO4)o2)c(C(=O)NCC(C)C)n1. The molecule has 3 aromatic rings. The molecule has 33 heavy (non-hydrogen) atoms. The van der Waals surface area contributed by atoms with Crippen molar-refractivity contribution in [3.63, 3.8) is 0 Å². The van der Waals surface area contributed by atoms with Crippen LogP contribution in [-0.4, -0.2) is 34.9 Å². The Morgan fingerprint density at radius 3 is 2.76 bits per heavy atom. The zero-order valence-electron chi connectivity index (χ0n) is 18.7. The predicted octanol–water partition coefficient (Wildman–Crippen LogP) is 3.44. The van der Waals surface area contributed by atoms with E-state index in [9.17, 15) is 9.59 Å². The number of fused-ring (bicyclic) bond motifs is 1. The maximum absolute atomic E-state index is 12.7. The molecule has 10 heteroatoms. The lowest BCUT2D eigenvalue weighted by Crippen LogP contribution is -2.28. The third-order valence-electron chi connectivity index (χ3n) is 4.83. The fraction of sp³-hybridized carbons (Fsp3) is 0.348. The average molecular weight is 454 g/mol. The van der Waals surface area contributed by atoms with Crippen LogP contribution in [0.2, 0.25) is 0 Å². The van der Waals surface area contributed by atoms with Gasteiger partial charge in [-0.2, -0.15) is 5.10 Å². The molecule has 1 aliphatic heterocycles. The molecular weight excluding hydrogens is 428 g/mol. The Bertz CT molecular complexity index is 1150. The van der Waals surface area contributed by atoms with Crippen LogP contribution in [-0.2, 0) is 13.2 Å². The maximum Gasteiger partial charge on any atom is 0.291 e. The van der Waals surface area contributed by atoms with E-state index in [0.717, 1.165) is 0 Å². The Morgan fingerprint density at radius 1 is 1.15 bits per heavy atom. The van der Waals surface area contributed by atoms with Crippen LogP contribution in [0.4, 0.5) is 5.69 Å². The molecule has 0 radical (unpaired) electrons. The van der Waals surface area contributed by atoms with Gasteiger partial charge in [0.2, 0.25) is 6.79 Å². The van der Waals surface area contributed by atoms with E-state index >= 15 is 0 Å². The predicted molar refractivity (Wildman–Crippen MR) is 119 cm³/mol. The number of benzene rings is 1. The summed E-state index contributed by atoms with van der Waals surface area (Å²) in [5.41, 5.74) is 0.474. The van der Waals surface area contributed by atoms with Crippen molar-refractivity contribution < 1.29 is 28.2 Å². The topological polar surface area (TPSA) is 117 Å². The standard InChI is InChI=1S/C23H26N4O6/c1-4-27-11-17(21(26-27)23(29)24-10-14(2)3)25-22(28)19-8-6-16(33-19)12-30-15-5-7-18-20(9-15)32-13-31-18/h5-9,11,14H,4,10,12-13H2,1-3H3,(H,24,29)(H,25,28). The fourth-order valence-corrected chi connectivity index (χ4v) is 3.11. The fourth-order valence-electron chi connectivity index (χ4n) is 3.11. The number of hydrogen-bond donors (Lipinski definition) is 2. The third-order valence-corrected chi connectivity index (χ3v) is 4.83. The number of carbonyl (C=O) groups excluding carboxylic acids is 2. The van der Waals surface area contributed by atoms with E-state index < -0.39 is 5.91 Å². The zero-order chi connectivity index (χ0) is 23.4. The van der Waals surface area contributed by atoms with Gasteiger partial charge in [-0.05, 0) is 37.1 Å². The highest BCUT2D eigenvalue weighted by atomic mass is 16.7. The molecule has 0 aliphatic carbocycles. The summed E-state index contributed by atoms with van der Waals surface area (Å²) in [5.74, 6) is 1.90. The van der Waals surface area contributed by atoms with Crippen LogP contribution in [0, 0.1) is 5.92 Å². The van der Waals surface area contributed by atoms with Crippen LogP contribution in [0.25, 0.3) is 0 Å². The number of carbonyl (C=O) groups is 2. The van der Waals surface area contributed by atoms with Crippen molar-refractivity contribution in [2.24, 2.45) is 5.92 Å². The lowest BCUT2D eigenvalue weighted by atomic mass is 10.2. The second kappa shape index (κ2) is 9.68. The van der Waals surface area contributed by atoms with E-state index in [2.05, 4.69) is 15.7 Å². The van der Waals surface area contributed by atoms with Crippen molar-refractivity contribution in [1.29, 1.82) is 0 Å². The molecule has 10 nitrogen and oxygen atoms in total. The smallest absolute Gasteiger partial charge is 0.291 e. The minimum atomic E-state index is -0.488. The first kappa shape index (κ1) is 22.3. The van der Waals surface area contributed by atoms with Gasteiger partial charge in [0, 0.05) is 25.4 Å². The summed E-state index contributed by atoms with van der Waals surface area (Å²) in [5, 5.41) is 9.80. The molecule has 4 rings (SSSR count). The summed E-state index contributed by atoms with van der Waals surface area (Å²) in [6.45, 7) is 7.28. The Balaban J connectivity index is 1.39. The number of aryl methyl sites for hydroxylation is 1. The molecule has 0 bridgehead atoms. The molecular formula is C23H26N4O6. The molecule has 174 valence electrons. The van der Waals surface area contributed by atoms with Crippen molar-refractivity contribution in [3.8, 4) is 17.2 Å². The summed E-state index contributed by atoms with van der Waals surface area (Å²) >= 11 is 0. The molecule has 3 heterocycles. The van der Waals surface area contributed by atoms with Gasteiger partial charge < -0.3 is 29.3 Å². The molecule has 0 atom stereocenters.